The average molecular weight is 285 g/mol. The van der Waals surface area contributed by atoms with E-state index in [9.17, 15) is 14.9 Å². The Morgan fingerprint density at radius 3 is 2.50 bits per heavy atom. The summed E-state index contributed by atoms with van der Waals surface area (Å²) in [4.78, 5) is 21.0. The molecule has 0 bridgehead atoms. The summed E-state index contributed by atoms with van der Waals surface area (Å²) in [7, 11) is 0. The lowest BCUT2D eigenvalue weighted by Gasteiger charge is -2.05. The summed E-state index contributed by atoms with van der Waals surface area (Å²) in [5.74, 6) is -0.775. The Balaban J connectivity index is 3.74. The highest BCUT2D eigenvalue weighted by Crippen LogP contribution is 2.11. The van der Waals surface area contributed by atoms with Crippen molar-refractivity contribution in [2.45, 2.75) is 77.2 Å². The number of unbranched alkanes of at least 4 members (excludes halogenated alkanes) is 6. The molecule has 0 fully saturated rings. The second kappa shape index (κ2) is 12.6. The van der Waals surface area contributed by atoms with Crippen molar-refractivity contribution in [3.05, 3.63) is 22.3 Å². The number of nitro groups is 1. The van der Waals surface area contributed by atoms with Gasteiger partial charge in [0.05, 0.1) is 0 Å². The highest BCUT2D eigenvalue weighted by molar-refractivity contribution is 5.66. The molecule has 0 heterocycles. The molecule has 0 amide bonds. The molecular weight excluding hydrogens is 258 g/mol. The zero-order valence-corrected chi connectivity index (χ0v) is 12.4. The zero-order valence-electron chi connectivity index (χ0n) is 12.4. The van der Waals surface area contributed by atoms with Gasteiger partial charge in [-0.05, 0) is 31.8 Å². The van der Waals surface area contributed by atoms with E-state index >= 15 is 0 Å². The van der Waals surface area contributed by atoms with Gasteiger partial charge in [0.15, 0.2) is 0 Å². The molecular formula is C15H27NO4. The van der Waals surface area contributed by atoms with Gasteiger partial charge in [-0.2, -0.15) is 0 Å². The lowest BCUT2D eigenvalue weighted by molar-refractivity contribution is -0.510. The first-order chi connectivity index (χ1) is 9.57. The second-order valence-corrected chi connectivity index (χ2v) is 5.12. The van der Waals surface area contributed by atoms with Crippen LogP contribution in [0.25, 0.3) is 0 Å². The molecule has 0 aromatic carbocycles. The van der Waals surface area contributed by atoms with Crippen LogP contribution in [0.5, 0.6) is 0 Å². The van der Waals surface area contributed by atoms with Gasteiger partial charge in [0.25, 0.3) is 0 Å². The maximum Gasteiger partial charge on any atom is 0.303 e. The minimum atomic E-state index is -0.775. The van der Waals surface area contributed by atoms with Crippen molar-refractivity contribution < 1.29 is 14.8 Å². The van der Waals surface area contributed by atoms with Crippen LogP contribution in [0.4, 0.5) is 0 Å². The van der Waals surface area contributed by atoms with Crippen LogP contribution in [-0.4, -0.2) is 22.0 Å². The van der Waals surface area contributed by atoms with Gasteiger partial charge in [-0.25, -0.2) is 0 Å². The fourth-order valence-electron chi connectivity index (χ4n) is 2.02. The first-order valence-corrected chi connectivity index (χ1v) is 7.59. The molecule has 0 spiro atoms. The lowest BCUT2D eigenvalue weighted by atomic mass is 10.1. The van der Waals surface area contributed by atoms with E-state index < -0.39 is 12.0 Å². The molecule has 0 aromatic heterocycles. The molecule has 0 saturated carbocycles. The van der Waals surface area contributed by atoms with E-state index in [1.807, 2.05) is 6.08 Å². The molecule has 5 nitrogen and oxygen atoms in total. The van der Waals surface area contributed by atoms with E-state index in [2.05, 4.69) is 6.92 Å². The summed E-state index contributed by atoms with van der Waals surface area (Å²) in [5.41, 5.74) is 0. The number of rotatable bonds is 13. The van der Waals surface area contributed by atoms with Crippen LogP contribution in [0, 0.1) is 10.1 Å². The zero-order chi connectivity index (χ0) is 15.2. The molecule has 20 heavy (non-hydrogen) atoms. The van der Waals surface area contributed by atoms with Crippen molar-refractivity contribution in [3.63, 3.8) is 0 Å². The molecule has 0 rings (SSSR count). The van der Waals surface area contributed by atoms with Gasteiger partial charge in [-0.15, -0.1) is 0 Å². The fraction of sp³-hybridized carbons (Fsp3) is 0.800. The van der Waals surface area contributed by atoms with Crippen molar-refractivity contribution in [2.75, 3.05) is 0 Å². The number of hydrogen-bond donors (Lipinski definition) is 1. The number of carbonyl (C=O) groups is 1. The molecule has 0 aliphatic carbocycles. The average Bonchev–Trinajstić information content (AvgIpc) is 2.39. The van der Waals surface area contributed by atoms with Crippen LogP contribution >= 0.6 is 0 Å². The quantitative estimate of drug-likeness (QED) is 0.238. The van der Waals surface area contributed by atoms with Crippen LogP contribution in [-0.2, 0) is 4.79 Å². The fourth-order valence-corrected chi connectivity index (χ4v) is 2.02. The van der Waals surface area contributed by atoms with Crippen LogP contribution < -0.4 is 0 Å². The number of aliphatic carboxylic acids is 1. The van der Waals surface area contributed by atoms with Crippen molar-refractivity contribution in [1.29, 1.82) is 0 Å². The minimum absolute atomic E-state index is 0.190. The largest absolute Gasteiger partial charge is 0.481 e. The Hall–Kier alpha value is -1.39. The third-order valence-electron chi connectivity index (χ3n) is 3.24. The third kappa shape index (κ3) is 11.7. The predicted molar refractivity (Wildman–Crippen MR) is 79.4 cm³/mol. The van der Waals surface area contributed by atoms with Gasteiger partial charge in [0.2, 0.25) is 6.04 Å². The molecule has 1 N–H and O–H groups in total. The van der Waals surface area contributed by atoms with Crippen LogP contribution in [0.2, 0.25) is 0 Å². The molecule has 5 heteroatoms. The van der Waals surface area contributed by atoms with Crippen LogP contribution in [0.3, 0.4) is 0 Å². The van der Waals surface area contributed by atoms with Gasteiger partial charge >= 0.3 is 5.97 Å². The molecule has 116 valence electrons. The molecule has 0 aliphatic rings. The summed E-state index contributed by atoms with van der Waals surface area (Å²) in [6.45, 7) is 2.13. The van der Waals surface area contributed by atoms with Crippen molar-refractivity contribution in [2.24, 2.45) is 0 Å². The SMILES string of the molecule is CCCCCC=CC(CCCCCCC(=O)O)[N+](=O)[O-]. The normalized spacial score (nSPS) is 12.7. The number of carboxylic acid groups (broad SMARTS) is 1. The van der Waals surface area contributed by atoms with Gasteiger partial charge < -0.3 is 5.11 Å². The van der Waals surface area contributed by atoms with Crippen molar-refractivity contribution >= 4 is 5.97 Å². The molecule has 1 unspecified atom stereocenters. The summed E-state index contributed by atoms with van der Waals surface area (Å²) in [6, 6.07) is -0.587. The van der Waals surface area contributed by atoms with E-state index in [4.69, 9.17) is 5.11 Å². The van der Waals surface area contributed by atoms with Gasteiger partial charge in [0.1, 0.15) is 0 Å². The third-order valence-corrected chi connectivity index (χ3v) is 3.24. The van der Waals surface area contributed by atoms with Gasteiger partial charge in [-0.1, -0.05) is 38.7 Å². The van der Waals surface area contributed by atoms with Crippen LogP contribution in [0.1, 0.15) is 71.1 Å². The Morgan fingerprint density at radius 2 is 1.90 bits per heavy atom. The Morgan fingerprint density at radius 1 is 1.20 bits per heavy atom. The number of allylic oxidation sites excluding steroid dienone is 1. The maximum atomic E-state index is 10.9. The molecule has 0 radical (unpaired) electrons. The molecule has 0 aromatic rings. The molecule has 1 atom stereocenters. The van der Waals surface area contributed by atoms with E-state index in [0.29, 0.717) is 12.8 Å². The van der Waals surface area contributed by atoms with Gasteiger partial charge in [-0.3, -0.25) is 14.9 Å². The first kappa shape index (κ1) is 18.6. The predicted octanol–water partition coefficient (Wildman–Crippen LogP) is 4.19. The Labute approximate surface area is 121 Å². The van der Waals surface area contributed by atoms with Crippen molar-refractivity contribution in [1.82, 2.24) is 0 Å². The van der Waals surface area contributed by atoms with E-state index in [-0.39, 0.29) is 11.3 Å². The second-order valence-electron chi connectivity index (χ2n) is 5.12. The number of hydrogen-bond acceptors (Lipinski definition) is 3. The summed E-state index contributed by atoms with van der Waals surface area (Å²) in [5, 5.41) is 19.4. The molecule has 0 aliphatic heterocycles. The van der Waals surface area contributed by atoms with Crippen LogP contribution in [0.15, 0.2) is 12.2 Å². The summed E-state index contributed by atoms with van der Waals surface area (Å²) >= 11 is 0. The molecule has 0 saturated heterocycles. The highest BCUT2D eigenvalue weighted by Gasteiger charge is 2.14. The smallest absolute Gasteiger partial charge is 0.303 e. The first-order valence-electron chi connectivity index (χ1n) is 7.59. The topological polar surface area (TPSA) is 80.4 Å². The Kier molecular flexibility index (Phi) is 11.8. The number of nitrogens with zero attached hydrogens (tertiary/aromatic N) is 1. The lowest BCUT2D eigenvalue weighted by Crippen LogP contribution is -2.16. The van der Waals surface area contributed by atoms with E-state index in [1.165, 1.54) is 0 Å². The highest BCUT2D eigenvalue weighted by atomic mass is 16.6. The standard InChI is InChI=1S/C15H27NO4/c1-2-3-4-5-8-11-14(16(19)20)12-9-6-7-10-13-15(17)18/h8,11,14H,2-7,9-10,12-13H2,1H3,(H,17,18). The van der Waals surface area contributed by atoms with Crippen molar-refractivity contribution in [3.8, 4) is 0 Å². The maximum absolute atomic E-state index is 10.9. The number of carboxylic acids is 1. The Bertz CT molecular complexity index is 302. The van der Waals surface area contributed by atoms with Gasteiger partial charge in [0, 0.05) is 17.8 Å². The monoisotopic (exact) mass is 285 g/mol. The van der Waals surface area contributed by atoms with E-state index in [1.54, 1.807) is 6.08 Å². The summed E-state index contributed by atoms with van der Waals surface area (Å²) in [6.07, 6.45) is 11.8. The summed E-state index contributed by atoms with van der Waals surface area (Å²) < 4.78 is 0. The van der Waals surface area contributed by atoms with E-state index in [0.717, 1.165) is 44.9 Å². The minimum Gasteiger partial charge on any atom is -0.481 e.